The molecule has 1 aliphatic carbocycles. The smallest absolute Gasteiger partial charge is 0.256 e. The second-order valence-electron chi connectivity index (χ2n) is 7.48. The van der Waals surface area contributed by atoms with Crippen LogP contribution >= 0.6 is 15.9 Å². The minimum atomic E-state index is -0.498. The van der Waals surface area contributed by atoms with Crippen molar-refractivity contribution in [2.24, 2.45) is 0 Å². The molecule has 0 bridgehead atoms. The highest BCUT2D eigenvalue weighted by atomic mass is 79.9. The molecule has 0 unspecified atom stereocenters. The molecule has 0 atom stereocenters. The molecule has 5 nitrogen and oxygen atoms in total. The minimum Gasteiger partial charge on any atom is -0.319 e. The van der Waals surface area contributed by atoms with Crippen molar-refractivity contribution in [1.29, 1.82) is 0 Å². The van der Waals surface area contributed by atoms with Gasteiger partial charge in [0.15, 0.2) is 5.65 Å². The average molecular weight is 465 g/mol. The number of hydrogen-bond acceptors (Lipinski definition) is 3. The van der Waals surface area contributed by atoms with Crippen LogP contribution in [-0.4, -0.2) is 20.7 Å². The molecule has 0 radical (unpaired) electrons. The first-order valence-electron chi connectivity index (χ1n) is 9.73. The Morgan fingerprint density at radius 1 is 1.17 bits per heavy atom. The predicted octanol–water partition coefficient (Wildman–Crippen LogP) is 5.76. The number of aromatic nitrogens is 3. The summed E-state index contributed by atoms with van der Waals surface area (Å²) in [6.07, 6.45) is 2.11. The van der Waals surface area contributed by atoms with Crippen LogP contribution in [0.5, 0.6) is 0 Å². The van der Waals surface area contributed by atoms with Crippen LogP contribution in [0.25, 0.3) is 16.7 Å². The largest absolute Gasteiger partial charge is 0.319 e. The number of amides is 1. The van der Waals surface area contributed by atoms with Gasteiger partial charge in [-0.05, 0) is 56.2 Å². The van der Waals surface area contributed by atoms with Gasteiger partial charge in [-0.15, -0.1) is 0 Å². The van der Waals surface area contributed by atoms with Gasteiger partial charge in [-0.1, -0.05) is 34.1 Å². The summed E-state index contributed by atoms with van der Waals surface area (Å²) in [5.41, 5.74) is 3.69. The van der Waals surface area contributed by atoms with E-state index in [1.807, 2.05) is 43.3 Å². The van der Waals surface area contributed by atoms with E-state index in [9.17, 15) is 9.18 Å². The number of carbonyl (C=O) groups is 1. The predicted molar refractivity (Wildman–Crippen MR) is 118 cm³/mol. The number of para-hydroxylation sites is 1. The molecule has 0 spiro atoms. The maximum absolute atomic E-state index is 14.3. The molecule has 1 amide bonds. The summed E-state index contributed by atoms with van der Waals surface area (Å²) in [6.45, 7) is 1.86. The van der Waals surface area contributed by atoms with E-state index in [2.05, 4.69) is 26.3 Å². The van der Waals surface area contributed by atoms with Crippen LogP contribution < -0.4 is 5.32 Å². The summed E-state index contributed by atoms with van der Waals surface area (Å²) in [6, 6.07) is 16.1. The fourth-order valence-electron chi connectivity index (χ4n) is 3.61. The molecule has 1 fully saturated rings. The molecule has 0 saturated heterocycles. The number of nitrogens with zero attached hydrogens (tertiary/aromatic N) is 3. The Labute approximate surface area is 181 Å². The van der Waals surface area contributed by atoms with Gasteiger partial charge < -0.3 is 5.32 Å². The first-order chi connectivity index (χ1) is 14.5. The Morgan fingerprint density at radius 2 is 1.93 bits per heavy atom. The first-order valence-corrected chi connectivity index (χ1v) is 10.5. The quantitative estimate of drug-likeness (QED) is 0.417. The Balaban J connectivity index is 1.65. The van der Waals surface area contributed by atoms with E-state index in [4.69, 9.17) is 4.98 Å². The van der Waals surface area contributed by atoms with Gasteiger partial charge in [-0.25, -0.2) is 14.1 Å². The normalized spacial score (nSPS) is 13.6. The van der Waals surface area contributed by atoms with Crippen molar-refractivity contribution in [3.05, 3.63) is 81.8 Å². The number of carbonyl (C=O) groups excluding carboxylic acids is 1. The van der Waals surface area contributed by atoms with Crippen LogP contribution in [0, 0.1) is 12.7 Å². The van der Waals surface area contributed by atoms with E-state index in [0.29, 0.717) is 32.7 Å². The van der Waals surface area contributed by atoms with Crippen LogP contribution in [0.3, 0.4) is 0 Å². The Hall–Kier alpha value is -3.06. The minimum absolute atomic E-state index is 0.134. The molecule has 150 valence electrons. The zero-order valence-corrected chi connectivity index (χ0v) is 17.8. The number of hydrogen-bond donors (Lipinski definition) is 1. The number of benzene rings is 2. The SMILES string of the molecule is Cc1nn(-c2ccccc2)c2nc(C3CC3)cc(C(=O)Nc3ccc(Br)cc3F)c12. The highest BCUT2D eigenvalue weighted by Gasteiger charge is 2.29. The van der Waals surface area contributed by atoms with Crippen molar-refractivity contribution >= 4 is 38.6 Å². The van der Waals surface area contributed by atoms with Gasteiger partial charge in [0, 0.05) is 16.1 Å². The van der Waals surface area contributed by atoms with Gasteiger partial charge >= 0.3 is 0 Å². The molecular weight excluding hydrogens is 447 g/mol. The van der Waals surface area contributed by atoms with Crippen molar-refractivity contribution in [2.45, 2.75) is 25.7 Å². The fourth-order valence-corrected chi connectivity index (χ4v) is 3.94. The molecule has 5 rings (SSSR count). The van der Waals surface area contributed by atoms with E-state index in [0.717, 1.165) is 24.2 Å². The highest BCUT2D eigenvalue weighted by molar-refractivity contribution is 9.10. The lowest BCUT2D eigenvalue weighted by molar-refractivity contribution is 0.102. The summed E-state index contributed by atoms with van der Waals surface area (Å²) in [5, 5.41) is 8.04. The van der Waals surface area contributed by atoms with Crippen LogP contribution in [0.2, 0.25) is 0 Å². The van der Waals surface area contributed by atoms with Gasteiger partial charge in [-0.2, -0.15) is 5.10 Å². The number of rotatable bonds is 4. The van der Waals surface area contributed by atoms with Gasteiger partial charge in [-0.3, -0.25) is 4.79 Å². The van der Waals surface area contributed by atoms with Crippen LogP contribution in [0.15, 0.2) is 59.1 Å². The van der Waals surface area contributed by atoms with E-state index in [1.165, 1.54) is 12.1 Å². The fraction of sp³-hybridized carbons (Fsp3) is 0.174. The van der Waals surface area contributed by atoms with E-state index in [1.54, 1.807) is 10.7 Å². The van der Waals surface area contributed by atoms with E-state index >= 15 is 0 Å². The lowest BCUT2D eigenvalue weighted by atomic mass is 10.1. The second-order valence-corrected chi connectivity index (χ2v) is 8.39. The third kappa shape index (κ3) is 3.39. The summed E-state index contributed by atoms with van der Waals surface area (Å²) in [7, 11) is 0. The third-order valence-electron chi connectivity index (χ3n) is 5.25. The molecular formula is C23H18BrFN4O. The van der Waals surface area contributed by atoms with Crippen LogP contribution in [0.4, 0.5) is 10.1 Å². The lowest BCUT2D eigenvalue weighted by Gasteiger charge is -2.10. The lowest BCUT2D eigenvalue weighted by Crippen LogP contribution is -2.14. The van der Waals surface area contributed by atoms with Gasteiger partial charge in [0.1, 0.15) is 5.82 Å². The van der Waals surface area contributed by atoms with Crippen LogP contribution in [0.1, 0.15) is 40.5 Å². The molecule has 1 N–H and O–H groups in total. The van der Waals surface area contributed by atoms with Crippen molar-refractivity contribution in [2.75, 3.05) is 5.32 Å². The average Bonchev–Trinajstić information content (AvgIpc) is 3.54. The number of pyridine rings is 1. The monoisotopic (exact) mass is 464 g/mol. The number of fused-ring (bicyclic) bond motifs is 1. The molecule has 1 saturated carbocycles. The van der Waals surface area contributed by atoms with Crippen molar-refractivity contribution in [3.63, 3.8) is 0 Å². The zero-order valence-electron chi connectivity index (χ0n) is 16.2. The molecule has 1 aliphatic rings. The second kappa shape index (κ2) is 7.32. The van der Waals surface area contributed by atoms with Crippen molar-refractivity contribution in [1.82, 2.24) is 14.8 Å². The molecule has 7 heteroatoms. The summed E-state index contributed by atoms with van der Waals surface area (Å²) in [4.78, 5) is 18.1. The Kier molecular flexibility index (Phi) is 4.62. The number of aryl methyl sites for hydroxylation is 1. The zero-order chi connectivity index (χ0) is 20.8. The van der Waals surface area contributed by atoms with Gasteiger partial charge in [0.2, 0.25) is 0 Å². The molecule has 4 aromatic rings. The maximum atomic E-state index is 14.3. The Morgan fingerprint density at radius 3 is 2.63 bits per heavy atom. The molecule has 2 aromatic carbocycles. The van der Waals surface area contributed by atoms with Crippen molar-refractivity contribution in [3.8, 4) is 5.69 Å². The molecule has 0 aliphatic heterocycles. The Bertz CT molecular complexity index is 1280. The summed E-state index contributed by atoms with van der Waals surface area (Å²) < 4.78 is 16.7. The number of anilines is 1. The summed E-state index contributed by atoms with van der Waals surface area (Å²) >= 11 is 3.23. The van der Waals surface area contributed by atoms with E-state index < -0.39 is 5.82 Å². The topological polar surface area (TPSA) is 59.8 Å². The van der Waals surface area contributed by atoms with Crippen molar-refractivity contribution < 1.29 is 9.18 Å². The third-order valence-corrected chi connectivity index (χ3v) is 5.75. The molecule has 2 heterocycles. The standard InChI is InChI=1S/C23H18BrFN4O/c1-13-21-17(23(30)27-19-10-9-15(24)11-18(19)25)12-20(14-7-8-14)26-22(21)29(28-13)16-5-3-2-4-6-16/h2-6,9-12,14H,7-8H2,1H3,(H,27,30). The summed E-state index contributed by atoms with van der Waals surface area (Å²) in [5.74, 6) is -0.520. The van der Waals surface area contributed by atoms with Crippen LogP contribution in [-0.2, 0) is 0 Å². The number of nitrogens with one attached hydrogen (secondary N) is 1. The first kappa shape index (κ1) is 18.9. The highest BCUT2D eigenvalue weighted by Crippen LogP contribution is 2.41. The van der Waals surface area contributed by atoms with Gasteiger partial charge in [0.25, 0.3) is 5.91 Å². The molecule has 2 aromatic heterocycles. The molecule has 30 heavy (non-hydrogen) atoms. The van der Waals surface area contributed by atoms with E-state index in [-0.39, 0.29) is 11.6 Å². The van der Waals surface area contributed by atoms with Gasteiger partial charge in [0.05, 0.1) is 28.0 Å². The number of halogens is 2. The maximum Gasteiger partial charge on any atom is 0.256 e.